The van der Waals surface area contributed by atoms with Gasteiger partial charge in [-0.3, -0.25) is 4.79 Å². The molecule has 9 heteroatoms. The van der Waals surface area contributed by atoms with E-state index in [9.17, 15) is 18.0 Å². The van der Waals surface area contributed by atoms with Crippen LogP contribution in [0.5, 0.6) is 0 Å². The van der Waals surface area contributed by atoms with Crippen LogP contribution in [-0.2, 0) is 34.2 Å². The Morgan fingerprint density at radius 1 is 0.861 bits per heavy atom. The van der Waals surface area contributed by atoms with Gasteiger partial charge in [0.15, 0.2) is 0 Å². The molecule has 3 aromatic carbocycles. The van der Waals surface area contributed by atoms with Gasteiger partial charge < -0.3 is 15.5 Å². The number of hydrogen-bond acceptors (Lipinski definition) is 4. The number of amides is 3. The summed E-state index contributed by atoms with van der Waals surface area (Å²) in [5.74, 6) is -0.208. The van der Waals surface area contributed by atoms with Gasteiger partial charge in [0, 0.05) is 13.1 Å². The molecule has 4 N–H and O–H groups in total. The molecule has 0 bridgehead atoms. The number of hydrogen-bond donors (Lipinski definition) is 3. The molecular weight excluding hydrogens is 476 g/mol. The summed E-state index contributed by atoms with van der Waals surface area (Å²) in [6.07, 6.45) is 1.82. The summed E-state index contributed by atoms with van der Waals surface area (Å²) in [6, 6.07) is 24.5. The van der Waals surface area contributed by atoms with Crippen molar-refractivity contribution in [1.29, 1.82) is 0 Å². The second-order valence-corrected chi connectivity index (χ2v) is 10.4. The van der Waals surface area contributed by atoms with Gasteiger partial charge in [-0.25, -0.2) is 18.4 Å². The maximum absolute atomic E-state index is 13.3. The van der Waals surface area contributed by atoms with Crippen molar-refractivity contribution in [3.8, 4) is 0 Å². The van der Waals surface area contributed by atoms with Crippen LogP contribution in [0.15, 0.2) is 89.8 Å². The lowest BCUT2D eigenvalue weighted by molar-refractivity contribution is -0.125. The third kappa shape index (κ3) is 6.50. The third-order valence-electron chi connectivity index (χ3n) is 6.34. The zero-order valence-corrected chi connectivity index (χ0v) is 20.7. The fourth-order valence-corrected chi connectivity index (χ4v) is 4.93. The lowest BCUT2D eigenvalue weighted by Crippen LogP contribution is -2.49. The highest BCUT2D eigenvalue weighted by Crippen LogP contribution is 2.20. The number of rotatable bonds is 10. The summed E-state index contributed by atoms with van der Waals surface area (Å²) in [4.78, 5) is 27.9. The Kier molecular flexibility index (Phi) is 8.02. The van der Waals surface area contributed by atoms with Crippen molar-refractivity contribution in [3.05, 3.63) is 102 Å². The molecule has 0 spiro atoms. The molecule has 2 atom stereocenters. The Hall–Kier alpha value is -3.69. The van der Waals surface area contributed by atoms with E-state index in [0.717, 1.165) is 23.1 Å². The Bertz CT molecular complexity index is 1280. The predicted octanol–water partition coefficient (Wildman–Crippen LogP) is 2.59. The van der Waals surface area contributed by atoms with Crippen LogP contribution in [0.1, 0.15) is 23.1 Å². The summed E-state index contributed by atoms with van der Waals surface area (Å²) in [5.41, 5.74) is 2.96. The number of sulfonamides is 1. The summed E-state index contributed by atoms with van der Waals surface area (Å²) < 4.78 is 23.0. The van der Waals surface area contributed by atoms with Crippen LogP contribution >= 0.6 is 0 Å². The molecule has 0 radical (unpaired) electrons. The van der Waals surface area contributed by atoms with Crippen molar-refractivity contribution in [2.45, 2.75) is 42.8 Å². The number of urea groups is 1. The molecule has 1 fully saturated rings. The summed E-state index contributed by atoms with van der Waals surface area (Å²) in [5, 5.41) is 11.2. The Morgan fingerprint density at radius 3 is 2.06 bits per heavy atom. The molecule has 3 amide bonds. The highest BCUT2D eigenvalue weighted by atomic mass is 32.2. The minimum absolute atomic E-state index is 0.0318. The molecule has 1 saturated heterocycles. The molecule has 1 aliphatic rings. The van der Waals surface area contributed by atoms with Crippen molar-refractivity contribution < 1.29 is 18.0 Å². The van der Waals surface area contributed by atoms with E-state index in [1.807, 2.05) is 60.7 Å². The number of nitrogens with one attached hydrogen (secondary N) is 2. The summed E-state index contributed by atoms with van der Waals surface area (Å²) >= 11 is 0. The van der Waals surface area contributed by atoms with Crippen LogP contribution in [0.25, 0.3) is 0 Å². The number of primary sulfonamides is 1. The van der Waals surface area contributed by atoms with Gasteiger partial charge in [0.25, 0.3) is 0 Å². The maximum Gasteiger partial charge on any atom is 0.318 e. The van der Waals surface area contributed by atoms with E-state index < -0.39 is 16.1 Å². The van der Waals surface area contributed by atoms with Gasteiger partial charge >= 0.3 is 6.03 Å². The van der Waals surface area contributed by atoms with Gasteiger partial charge in [-0.15, -0.1) is 0 Å². The Balaban J connectivity index is 1.47. The zero-order chi connectivity index (χ0) is 25.5. The van der Waals surface area contributed by atoms with E-state index in [-0.39, 0.29) is 22.9 Å². The van der Waals surface area contributed by atoms with Crippen molar-refractivity contribution in [2.24, 2.45) is 5.14 Å². The molecule has 0 saturated carbocycles. The van der Waals surface area contributed by atoms with Gasteiger partial charge in [-0.05, 0) is 48.1 Å². The minimum atomic E-state index is -3.77. The van der Waals surface area contributed by atoms with E-state index in [0.29, 0.717) is 25.9 Å². The molecule has 1 aliphatic heterocycles. The van der Waals surface area contributed by atoms with Crippen molar-refractivity contribution in [1.82, 2.24) is 15.5 Å². The van der Waals surface area contributed by atoms with Crippen molar-refractivity contribution in [3.63, 3.8) is 0 Å². The second kappa shape index (κ2) is 11.4. The van der Waals surface area contributed by atoms with E-state index in [4.69, 9.17) is 5.14 Å². The van der Waals surface area contributed by atoms with Crippen molar-refractivity contribution >= 4 is 22.0 Å². The van der Waals surface area contributed by atoms with Crippen LogP contribution in [0.4, 0.5) is 4.79 Å². The minimum Gasteiger partial charge on any atom is -0.350 e. The lowest BCUT2D eigenvalue weighted by Gasteiger charge is -2.26. The first-order chi connectivity index (χ1) is 17.3. The number of carbonyl (C=O) groups excluding carboxylic acids is 2. The normalized spacial score (nSPS) is 17.6. The standard InChI is InChI=1S/C27H30N4O4S/c28-36(34,35)23-14-11-21(12-15-23)17-18-31-25(26(32)29-19-22-9-5-2-6-10-22)24(30-27(31)33)16-13-20-7-3-1-4-8-20/h1-12,14-15,24-25H,13,16-19H2,(H,29,32)(H,30,33)(H2,28,34,35). The first-order valence-electron chi connectivity index (χ1n) is 11.9. The first-order valence-corrected chi connectivity index (χ1v) is 13.4. The van der Waals surface area contributed by atoms with E-state index in [1.165, 1.54) is 12.1 Å². The summed E-state index contributed by atoms with van der Waals surface area (Å²) in [6.45, 7) is 0.685. The number of nitrogens with zero attached hydrogens (tertiary/aromatic N) is 1. The van der Waals surface area contributed by atoms with Gasteiger partial charge in [-0.2, -0.15) is 0 Å². The quantitative estimate of drug-likeness (QED) is 0.391. The predicted molar refractivity (Wildman–Crippen MR) is 137 cm³/mol. The average Bonchev–Trinajstić information content (AvgIpc) is 3.20. The smallest absolute Gasteiger partial charge is 0.318 e. The fraction of sp³-hybridized carbons (Fsp3) is 0.259. The number of aryl methyl sites for hydroxylation is 1. The molecule has 188 valence electrons. The van der Waals surface area contributed by atoms with Gasteiger partial charge in [-0.1, -0.05) is 72.8 Å². The van der Waals surface area contributed by atoms with Crippen LogP contribution < -0.4 is 15.8 Å². The fourth-order valence-electron chi connectivity index (χ4n) is 4.41. The third-order valence-corrected chi connectivity index (χ3v) is 7.27. The Morgan fingerprint density at radius 2 is 1.44 bits per heavy atom. The molecule has 8 nitrogen and oxygen atoms in total. The van der Waals surface area contributed by atoms with Gasteiger partial charge in [0.05, 0.1) is 10.9 Å². The molecule has 0 aromatic heterocycles. The SMILES string of the molecule is NS(=O)(=O)c1ccc(CCN2C(=O)NC(CCc3ccccc3)C2C(=O)NCc2ccccc2)cc1. The molecular formula is C27H30N4O4S. The van der Waals surface area contributed by atoms with Gasteiger partial charge in [0.1, 0.15) is 6.04 Å². The van der Waals surface area contributed by atoms with Gasteiger partial charge in [0.2, 0.25) is 15.9 Å². The Labute approximate surface area is 211 Å². The highest BCUT2D eigenvalue weighted by molar-refractivity contribution is 7.89. The molecule has 2 unspecified atom stereocenters. The average molecular weight is 507 g/mol. The molecule has 1 heterocycles. The van der Waals surface area contributed by atoms with E-state index in [1.54, 1.807) is 17.0 Å². The van der Waals surface area contributed by atoms with Crippen LogP contribution in [-0.4, -0.2) is 43.9 Å². The van der Waals surface area contributed by atoms with Crippen LogP contribution in [0.3, 0.4) is 0 Å². The highest BCUT2D eigenvalue weighted by Gasteiger charge is 2.43. The molecule has 0 aliphatic carbocycles. The zero-order valence-electron chi connectivity index (χ0n) is 19.8. The topological polar surface area (TPSA) is 122 Å². The van der Waals surface area contributed by atoms with E-state index in [2.05, 4.69) is 10.6 Å². The van der Waals surface area contributed by atoms with E-state index >= 15 is 0 Å². The molecule has 36 heavy (non-hydrogen) atoms. The number of carbonyl (C=O) groups is 2. The molecule has 3 aromatic rings. The lowest BCUT2D eigenvalue weighted by atomic mass is 9.99. The number of nitrogens with two attached hydrogens (primary N) is 1. The summed E-state index contributed by atoms with van der Waals surface area (Å²) in [7, 11) is -3.77. The van der Waals surface area contributed by atoms with Crippen molar-refractivity contribution in [2.75, 3.05) is 6.54 Å². The monoisotopic (exact) mass is 506 g/mol. The van der Waals surface area contributed by atoms with Crippen LogP contribution in [0.2, 0.25) is 0 Å². The maximum atomic E-state index is 13.3. The molecule has 4 rings (SSSR count). The largest absolute Gasteiger partial charge is 0.350 e. The van der Waals surface area contributed by atoms with Crippen LogP contribution in [0, 0.1) is 0 Å². The second-order valence-electron chi connectivity index (χ2n) is 8.86. The first kappa shape index (κ1) is 25.4. The number of benzene rings is 3.